The maximum Gasteiger partial charge on any atom is 0.211 e. The van der Waals surface area contributed by atoms with Crippen LogP contribution < -0.4 is 10.5 Å². The fourth-order valence-electron chi connectivity index (χ4n) is 3.70. The molecule has 0 saturated carbocycles. The number of anilines is 1. The van der Waals surface area contributed by atoms with Gasteiger partial charge in [-0.3, -0.25) is 0 Å². The number of sulfonamides is 1. The molecule has 0 amide bonds. The van der Waals surface area contributed by atoms with Crippen LogP contribution in [-0.4, -0.2) is 62.2 Å². The van der Waals surface area contributed by atoms with Crippen LogP contribution in [0.25, 0.3) is 11.0 Å². The maximum absolute atomic E-state index is 11.5. The second-order valence-electron chi connectivity index (χ2n) is 7.16. The molecule has 10 heteroatoms. The summed E-state index contributed by atoms with van der Waals surface area (Å²) in [7, 11) is -1.52. The van der Waals surface area contributed by atoms with E-state index in [4.69, 9.17) is 20.2 Å². The first kappa shape index (κ1) is 21.9. The van der Waals surface area contributed by atoms with Gasteiger partial charge in [0, 0.05) is 32.3 Å². The molecule has 162 valence electrons. The molecule has 29 heavy (non-hydrogen) atoms. The van der Waals surface area contributed by atoms with Crippen LogP contribution in [-0.2, 0) is 45.3 Å². The predicted octanol–water partition coefficient (Wildman–Crippen LogP) is 1.04. The maximum atomic E-state index is 11.5. The van der Waals surface area contributed by atoms with Crippen molar-refractivity contribution in [2.45, 2.75) is 45.6 Å². The summed E-state index contributed by atoms with van der Waals surface area (Å²) in [5, 5.41) is 0. The molecule has 0 fully saturated rings. The number of nitrogens with two attached hydrogens (primary N) is 1. The van der Waals surface area contributed by atoms with E-state index in [2.05, 4.69) is 14.3 Å². The average molecular weight is 426 g/mol. The van der Waals surface area contributed by atoms with Crippen molar-refractivity contribution in [1.29, 1.82) is 0 Å². The van der Waals surface area contributed by atoms with Crippen molar-refractivity contribution in [3.8, 4) is 0 Å². The van der Waals surface area contributed by atoms with Crippen molar-refractivity contribution in [2.75, 3.05) is 45.0 Å². The number of ether oxygens (including phenoxy) is 2. The van der Waals surface area contributed by atoms with E-state index < -0.39 is 10.0 Å². The first-order chi connectivity index (χ1) is 14.0. The number of pyridine rings is 1. The van der Waals surface area contributed by atoms with Crippen molar-refractivity contribution in [3.05, 3.63) is 17.1 Å². The van der Waals surface area contributed by atoms with E-state index in [0.29, 0.717) is 38.6 Å². The summed E-state index contributed by atoms with van der Waals surface area (Å²) in [6.45, 7) is 3.83. The lowest BCUT2D eigenvalue weighted by Gasteiger charge is -2.18. The molecule has 2 aromatic rings. The zero-order valence-electron chi connectivity index (χ0n) is 17.2. The molecule has 2 heterocycles. The standard InChI is InChI=1S/C19H31N5O4S/c1-3-29(25,26)21-9-12-28-13-10-24-16(8-11-27-2)23-17-18(24)14-6-4-5-7-15(14)22-19(17)20/h21H,3-13H2,1-2H3,(H2,20,22). The van der Waals surface area contributed by atoms with Crippen molar-refractivity contribution < 1.29 is 17.9 Å². The molecule has 3 N–H and O–H groups in total. The lowest BCUT2D eigenvalue weighted by molar-refractivity contribution is 0.130. The Kier molecular flexibility index (Phi) is 7.44. The number of nitrogen functional groups attached to an aromatic ring is 1. The molecule has 0 unspecified atom stereocenters. The minimum absolute atomic E-state index is 0.0669. The summed E-state index contributed by atoms with van der Waals surface area (Å²) in [5.41, 5.74) is 10.4. The third kappa shape index (κ3) is 5.25. The topological polar surface area (TPSA) is 121 Å². The fraction of sp³-hybridized carbons (Fsp3) is 0.684. The third-order valence-corrected chi connectivity index (χ3v) is 6.61. The summed E-state index contributed by atoms with van der Waals surface area (Å²) in [4.78, 5) is 9.37. The Morgan fingerprint density at radius 3 is 2.72 bits per heavy atom. The van der Waals surface area contributed by atoms with Crippen LogP contribution in [0.15, 0.2) is 0 Å². The summed E-state index contributed by atoms with van der Waals surface area (Å²) in [5.74, 6) is 1.45. The largest absolute Gasteiger partial charge is 0.384 e. The molecule has 1 aliphatic rings. The van der Waals surface area contributed by atoms with Gasteiger partial charge in [0.2, 0.25) is 10.0 Å². The number of fused-ring (bicyclic) bond motifs is 3. The molecule has 0 atom stereocenters. The third-order valence-electron chi connectivity index (χ3n) is 5.21. The number of imidazole rings is 1. The molecule has 1 aliphatic carbocycles. The van der Waals surface area contributed by atoms with E-state index >= 15 is 0 Å². The second-order valence-corrected chi connectivity index (χ2v) is 9.25. The van der Waals surface area contributed by atoms with Crippen LogP contribution >= 0.6 is 0 Å². The van der Waals surface area contributed by atoms with E-state index in [0.717, 1.165) is 48.2 Å². The Morgan fingerprint density at radius 1 is 1.17 bits per heavy atom. The SMILES string of the molecule is CCS(=O)(=O)NCCOCCn1c(CCOC)nc2c(N)nc3c(c21)CCCC3. The van der Waals surface area contributed by atoms with E-state index in [1.54, 1.807) is 14.0 Å². The van der Waals surface area contributed by atoms with Gasteiger partial charge in [-0.05, 0) is 38.2 Å². The highest BCUT2D eigenvalue weighted by molar-refractivity contribution is 7.89. The van der Waals surface area contributed by atoms with Crippen LogP contribution in [0.4, 0.5) is 5.82 Å². The molecule has 0 radical (unpaired) electrons. The van der Waals surface area contributed by atoms with E-state index in [1.807, 2.05) is 0 Å². The van der Waals surface area contributed by atoms with Gasteiger partial charge in [-0.25, -0.2) is 23.1 Å². The zero-order chi connectivity index (χ0) is 20.9. The van der Waals surface area contributed by atoms with Crippen LogP contribution in [0.5, 0.6) is 0 Å². The van der Waals surface area contributed by atoms with Crippen molar-refractivity contribution in [3.63, 3.8) is 0 Å². The van der Waals surface area contributed by atoms with Crippen LogP contribution in [0.2, 0.25) is 0 Å². The zero-order valence-corrected chi connectivity index (χ0v) is 18.1. The van der Waals surface area contributed by atoms with Crippen molar-refractivity contribution >= 4 is 26.9 Å². The van der Waals surface area contributed by atoms with Gasteiger partial charge in [-0.15, -0.1) is 0 Å². The Hall–Kier alpha value is -1.75. The Bertz CT molecular complexity index is 942. The molecule has 0 bridgehead atoms. The van der Waals surface area contributed by atoms with Crippen molar-refractivity contribution in [2.24, 2.45) is 0 Å². The summed E-state index contributed by atoms with van der Waals surface area (Å²) < 4.78 is 38.5. The number of aromatic nitrogens is 3. The fourth-order valence-corrected chi connectivity index (χ4v) is 4.30. The van der Waals surface area contributed by atoms with E-state index in [-0.39, 0.29) is 12.3 Å². The number of hydrogen-bond acceptors (Lipinski definition) is 7. The van der Waals surface area contributed by atoms with Gasteiger partial charge in [-0.1, -0.05) is 0 Å². The lowest BCUT2D eigenvalue weighted by Crippen LogP contribution is -2.29. The number of hydrogen-bond donors (Lipinski definition) is 2. The summed E-state index contributed by atoms with van der Waals surface area (Å²) in [6, 6.07) is 0. The highest BCUT2D eigenvalue weighted by atomic mass is 32.2. The van der Waals surface area contributed by atoms with Gasteiger partial charge in [0.05, 0.1) is 31.1 Å². The van der Waals surface area contributed by atoms with Gasteiger partial charge in [0.1, 0.15) is 11.3 Å². The molecule has 9 nitrogen and oxygen atoms in total. The molecule has 2 aromatic heterocycles. The Balaban J connectivity index is 1.76. The van der Waals surface area contributed by atoms with E-state index in [1.165, 1.54) is 5.56 Å². The minimum atomic E-state index is -3.19. The number of nitrogens with one attached hydrogen (secondary N) is 1. The van der Waals surface area contributed by atoms with Gasteiger partial charge >= 0.3 is 0 Å². The Morgan fingerprint density at radius 2 is 1.97 bits per heavy atom. The predicted molar refractivity (Wildman–Crippen MR) is 112 cm³/mol. The molecule has 0 aromatic carbocycles. The molecule has 0 aliphatic heterocycles. The first-order valence-corrected chi connectivity index (χ1v) is 11.8. The quantitative estimate of drug-likeness (QED) is 0.516. The molecule has 0 saturated heterocycles. The van der Waals surface area contributed by atoms with Crippen molar-refractivity contribution in [1.82, 2.24) is 19.3 Å². The second kappa shape index (κ2) is 9.84. The number of nitrogens with zero attached hydrogens (tertiary/aromatic N) is 3. The molecule has 3 rings (SSSR count). The normalized spacial score (nSPS) is 14.4. The van der Waals surface area contributed by atoms with Gasteiger partial charge < -0.3 is 19.8 Å². The monoisotopic (exact) mass is 425 g/mol. The lowest BCUT2D eigenvalue weighted by atomic mass is 9.95. The van der Waals surface area contributed by atoms with Crippen LogP contribution in [0.3, 0.4) is 0 Å². The number of aryl methyl sites for hydroxylation is 2. The summed E-state index contributed by atoms with van der Waals surface area (Å²) in [6.07, 6.45) is 4.87. The highest BCUT2D eigenvalue weighted by Crippen LogP contribution is 2.31. The molecule has 0 spiro atoms. The highest BCUT2D eigenvalue weighted by Gasteiger charge is 2.22. The molecular weight excluding hydrogens is 394 g/mol. The first-order valence-electron chi connectivity index (χ1n) is 10.2. The number of methoxy groups -OCH3 is 1. The van der Waals surface area contributed by atoms with Crippen LogP contribution in [0, 0.1) is 0 Å². The number of rotatable bonds is 11. The average Bonchev–Trinajstić information content (AvgIpc) is 3.08. The minimum Gasteiger partial charge on any atom is -0.384 e. The van der Waals surface area contributed by atoms with E-state index in [9.17, 15) is 8.42 Å². The van der Waals surface area contributed by atoms with Gasteiger partial charge in [0.15, 0.2) is 5.82 Å². The smallest absolute Gasteiger partial charge is 0.211 e. The summed E-state index contributed by atoms with van der Waals surface area (Å²) >= 11 is 0. The van der Waals surface area contributed by atoms with Gasteiger partial charge in [0.25, 0.3) is 0 Å². The van der Waals surface area contributed by atoms with Crippen LogP contribution in [0.1, 0.15) is 36.8 Å². The van der Waals surface area contributed by atoms with Gasteiger partial charge in [-0.2, -0.15) is 0 Å². The molecular formula is C19H31N5O4S. The Labute approximate surface area is 172 Å².